The van der Waals surface area contributed by atoms with Crippen molar-refractivity contribution in [3.63, 3.8) is 0 Å². The maximum atomic E-state index is 12.3. The lowest BCUT2D eigenvalue weighted by Crippen LogP contribution is -2.54. The molecule has 2 rings (SSSR count). The van der Waals surface area contributed by atoms with Crippen LogP contribution in [0.4, 0.5) is 4.79 Å². The summed E-state index contributed by atoms with van der Waals surface area (Å²) in [5.41, 5.74) is 0. The molecule has 0 aliphatic carbocycles. The molecule has 6 nitrogen and oxygen atoms in total. The normalized spacial score (nSPS) is 21.3. The topological polar surface area (TPSA) is 53.1 Å². The largest absolute Gasteiger partial charge is 0.468 e. The number of urea groups is 1. The Bertz CT molecular complexity index is 321. The Hall–Kier alpha value is -1.30. The van der Waals surface area contributed by atoms with Gasteiger partial charge in [-0.05, 0) is 19.3 Å². The molecule has 0 aromatic carbocycles. The van der Waals surface area contributed by atoms with Crippen molar-refractivity contribution in [3.05, 3.63) is 0 Å². The van der Waals surface area contributed by atoms with Gasteiger partial charge in [0.05, 0.1) is 13.7 Å². The summed E-state index contributed by atoms with van der Waals surface area (Å²) < 4.78 is 4.65. The number of nitrogens with zero attached hydrogens (tertiary/aromatic N) is 3. The van der Waals surface area contributed by atoms with E-state index in [-0.39, 0.29) is 12.0 Å². The summed E-state index contributed by atoms with van der Waals surface area (Å²) >= 11 is 0. The van der Waals surface area contributed by atoms with E-state index in [0.717, 1.165) is 39.0 Å². The first-order chi connectivity index (χ1) is 9.20. The molecule has 0 spiro atoms. The van der Waals surface area contributed by atoms with Gasteiger partial charge in [-0.2, -0.15) is 0 Å². The number of piperazine rings is 1. The number of esters is 1. The van der Waals surface area contributed by atoms with E-state index in [1.165, 1.54) is 13.5 Å². The number of amides is 2. The highest BCUT2D eigenvalue weighted by Gasteiger charge is 2.26. The van der Waals surface area contributed by atoms with Crippen molar-refractivity contribution in [1.82, 2.24) is 14.7 Å². The second kappa shape index (κ2) is 6.75. The summed E-state index contributed by atoms with van der Waals surface area (Å²) in [5.74, 6) is -0.212. The Morgan fingerprint density at radius 2 is 1.47 bits per heavy atom. The minimum absolute atomic E-state index is 0.164. The SMILES string of the molecule is COC(=O)CN1CCN(C(=O)N2CCCCC2)CC1. The Morgan fingerprint density at radius 3 is 2.05 bits per heavy atom. The molecule has 0 saturated carbocycles. The quantitative estimate of drug-likeness (QED) is 0.680. The lowest BCUT2D eigenvalue weighted by atomic mass is 10.1. The molecule has 0 atom stereocenters. The number of methoxy groups -OCH3 is 1. The third-order valence-electron chi connectivity index (χ3n) is 3.85. The number of hydrogen-bond donors (Lipinski definition) is 0. The minimum Gasteiger partial charge on any atom is -0.468 e. The van der Waals surface area contributed by atoms with Gasteiger partial charge in [-0.15, -0.1) is 0 Å². The fraction of sp³-hybridized carbons (Fsp3) is 0.846. The molecule has 19 heavy (non-hydrogen) atoms. The van der Waals surface area contributed by atoms with Gasteiger partial charge in [0.2, 0.25) is 0 Å². The van der Waals surface area contributed by atoms with Gasteiger partial charge in [0, 0.05) is 39.3 Å². The molecule has 2 aliphatic rings. The summed E-state index contributed by atoms with van der Waals surface area (Å²) in [6.07, 6.45) is 3.47. The zero-order valence-corrected chi connectivity index (χ0v) is 11.6. The Kier molecular flexibility index (Phi) is 5.01. The van der Waals surface area contributed by atoms with Crippen LogP contribution in [-0.2, 0) is 9.53 Å². The molecule has 0 unspecified atom stereocenters. The van der Waals surface area contributed by atoms with E-state index in [4.69, 9.17) is 0 Å². The Morgan fingerprint density at radius 1 is 0.895 bits per heavy atom. The zero-order valence-electron chi connectivity index (χ0n) is 11.6. The molecular formula is C13H23N3O3. The lowest BCUT2D eigenvalue weighted by Gasteiger charge is -2.38. The summed E-state index contributed by atoms with van der Waals surface area (Å²) in [6, 6.07) is 0.164. The van der Waals surface area contributed by atoms with Crippen LogP contribution in [0, 0.1) is 0 Å². The lowest BCUT2D eigenvalue weighted by molar-refractivity contribution is -0.142. The van der Waals surface area contributed by atoms with E-state index in [1.54, 1.807) is 0 Å². The van der Waals surface area contributed by atoms with Crippen LogP contribution in [0.1, 0.15) is 19.3 Å². The van der Waals surface area contributed by atoms with Gasteiger partial charge < -0.3 is 14.5 Å². The van der Waals surface area contributed by atoms with Gasteiger partial charge in [0.15, 0.2) is 0 Å². The van der Waals surface area contributed by atoms with Gasteiger partial charge in [-0.25, -0.2) is 4.79 Å². The third kappa shape index (κ3) is 3.83. The number of carbonyl (C=O) groups is 2. The standard InChI is InChI=1S/C13H23N3O3/c1-19-12(17)11-14-7-9-16(10-8-14)13(18)15-5-3-2-4-6-15/h2-11H2,1H3. The van der Waals surface area contributed by atoms with Crippen molar-refractivity contribution in [2.24, 2.45) is 0 Å². The van der Waals surface area contributed by atoms with Crippen molar-refractivity contribution in [2.75, 3.05) is 52.9 Å². The highest BCUT2D eigenvalue weighted by atomic mass is 16.5. The maximum Gasteiger partial charge on any atom is 0.320 e. The zero-order chi connectivity index (χ0) is 13.7. The van der Waals surface area contributed by atoms with E-state index in [2.05, 4.69) is 4.74 Å². The first-order valence-electron chi connectivity index (χ1n) is 7.03. The van der Waals surface area contributed by atoms with E-state index >= 15 is 0 Å². The summed E-state index contributed by atoms with van der Waals surface area (Å²) in [4.78, 5) is 29.4. The van der Waals surface area contributed by atoms with E-state index in [9.17, 15) is 9.59 Å². The van der Waals surface area contributed by atoms with Gasteiger partial charge in [0.25, 0.3) is 0 Å². The first-order valence-corrected chi connectivity index (χ1v) is 7.03. The summed E-state index contributed by atoms with van der Waals surface area (Å²) in [5, 5.41) is 0. The predicted octanol–water partition coefficient (Wildman–Crippen LogP) is 0.383. The van der Waals surface area contributed by atoms with Crippen LogP contribution >= 0.6 is 0 Å². The third-order valence-corrected chi connectivity index (χ3v) is 3.85. The molecule has 2 aliphatic heterocycles. The number of carbonyl (C=O) groups excluding carboxylic acids is 2. The average molecular weight is 269 g/mol. The number of ether oxygens (including phenoxy) is 1. The Labute approximate surface area is 114 Å². The van der Waals surface area contributed by atoms with Crippen LogP contribution < -0.4 is 0 Å². The average Bonchev–Trinajstić information content (AvgIpc) is 2.48. The highest BCUT2D eigenvalue weighted by molar-refractivity contribution is 5.75. The number of likely N-dealkylation sites (tertiary alicyclic amines) is 1. The van der Waals surface area contributed by atoms with E-state index in [0.29, 0.717) is 19.6 Å². The van der Waals surface area contributed by atoms with Gasteiger partial charge in [-0.3, -0.25) is 9.69 Å². The molecule has 0 aromatic rings. The number of rotatable bonds is 2. The molecule has 0 N–H and O–H groups in total. The molecular weight excluding hydrogens is 246 g/mol. The molecule has 0 aromatic heterocycles. The van der Waals surface area contributed by atoms with Gasteiger partial charge in [-0.1, -0.05) is 0 Å². The molecule has 2 saturated heterocycles. The first kappa shape index (κ1) is 14.1. The number of piperidine rings is 1. The molecule has 6 heteroatoms. The Balaban J connectivity index is 1.76. The van der Waals surface area contributed by atoms with Crippen molar-refractivity contribution in [1.29, 1.82) is 0 Å². The predicted molar refractivity (Wildman–Crippen MR) is 70.8 cm³/mol. The van der Waals surface area contributed by atoms with Gasteiger partial charge >= 0.3 is 12.0 Å². The van der Waals surface area contributed by atoms with Gasteiger partial charge in [0.1, 0.15) is 0 Å². The van der Waals surface area contributed by atoms with E-state index in [1.807, 2.05) is 14.7 Å². The van der Waals surface area contributed by atoms with E-state index < -0.39 is 0 Å². The fourth-order valence-electron chi connectivity index (χ4n) is 2.63. The minimum atomic E-state index is -0.212. The monoisotopic (exact) mass is 269 g/mol. The van der Waals surface area contributed by atoms with Crippen molar-refractivity contribution < 1.29 is 14.3 Å². The van der Waals surface area contributed by atoms with Crippen LogP contribution in [0.15, 0.2) is 0 Å². The van der Waals surface area contributed by atoms with Crippen LogP contribution in [0.25, 0.3) is 0 Å². The molecule has 2 fully saturated rings. The molecule has 108 valence electrons. The fourth-order valence-corrected chi connectivity index (χ4v) is 2.63. The second-order valence-electron chi connectivity index (χ2n) is 5.17. The molecule has 0 radical (unpaired) electrons. The van der Waals surface area contributed by atoms with Crippen molar-refractivity contribution in [3.8, 4) is 0 Å². The molecule has 2 amide bonds. The molecule has 2 heterocycles. The van der Waals surface area contributed by atoms with Crippen LogP contribution in [-0.4, -0.2) is 79.6 Å². The van der Waals surface area contributed by atoms with Crippen molar-refractivity contribution in [2.45, 2.75) is 19.3 Å². The van der Waals surface area contributed by atoms with Crippen LogP contribution in [0.3, 0.4) is 0 Å². The van der Waals surface area contributed by atoms with Crippen LogP contribution in [0.5, 0.6) is 0 Å². The highest BCUT2D eigenvalue weighted by Crippen LogP contribution is 2.12. The van der Waals surface area contributed by atoms with Crippen LogP contribution in [0.2, 0.25) is 0 Å². The summed E-state index contributed by atoms with van der Waals surface area (Å²) in [7, 11) is 1.40. The van der Waals surface area contributed by atoms with Crippen molar-refractivity contribution >= 4 is 12.0 Å². The summed E-state index contributed by atoms with van der Waals surface area (Å²) in [6.45, 7) is 4.99. The smallest absolute Gasteiger partial charge is 0.320 e. The molecule has 0 bridgehead atoms. The second-order valence-corrected chi connectivity index (χ2v) is 5.17. The maximum absolute atomic E-state index is 12.3. The number of hydrogen-bond acceptors (Lipinski definition) is 4.